The normalized spacial score (nSPS) is 19.2. The summed E-state index contributed by atoms with van der Waals surface area (Å²) in [5.41, 5.74) is -1.14. The van der Waals surface area contributed by atoms with Gasteiger partial charge in [0, 0.05) is 10.1 Å². The van der Waals surface area contributed by atoms with Crippen LogP contribution in [0, 0.1) is 0 Å². The van der Waals surface area contributed by atoms with Crippen LogP contribution in [0.3, 0.4) is 0 Å². The number of hydrogen-bond acceptors (Lipinski definition) is 2. The standard InChI is InChI=1S/C11H9F3O2S/c1-5-2-6-3-8(11(12,13)14)7(10(15)16)4-9(6)17-5/h3-5H,2H2,1H3,(H,15,16). The van der Waals surface area contributed by atoms with Crippen LogP contribution in [0.1, 0.15) is 28.4 Å². The van der Waals surface area contributed by atoms with Gasteiger partial charge in [-0.3, -0.25) is 0 Å². The summed E-state index contributed by atoms with van der Waals surface area (Å²) in [6.45, 7) is 1.90. The molecule has 2 nitrogen and oxygen atoms in total. The summed E-state index contributed by atoms with van der Waals surface area (Å²) in [5, 5.41) is 9.01. The van der Waals surface area contributed by atoms with Gasteiger partial charge in [-0.25, -0.2) is 4.79 Å². The summed E-state index contributed by atoms with van der Waals surface area (Å²) in [7, 11) is 0. The SMILES string of the molecule is CC1Cc2cc(C(F)(F)F)c(C(=O)O)cc2S1. The molecule has 0 radical (unpaired) electrons. The first-order valence-electron chi connectivity index (χ1n) is 4.93. The lowest BCUT2D eigenvalue weighted by Gasteiger charge is -2.12. The van der Waals surface area contributed by atoms with Gasteiger partial charge in [0.25, 0.3) is 0 Å². The molecule has 0 saturated heterocycles. The lowest BCUT2D eigenvalue weighted by atomic mass is 10.0. The molecule has 1 heterocycles. The van der Waals surface area contributed by atoms with E-state index in [4.69, 9.17) is 5.11 Å². The number of halogens is 3. The smallest absolute Gasteiger partial charge is 0.417 e. The fourth-order valence-corrected chi connectivity index (χ4v) is 3.05. The highest BCUT2D eigenvalue weighted by Crippen LogP contribution is 2.42. The zero-order valence-electron chi connectivity index (χ0n) is 8.84. The van der Waals surface area contributed by atoms with E-state index in [0.29, 0.717) is 16.9 Å². The maximum absolute atomic E-state index is 12.7. The van der Waals surface area contributed by atoms with E-state index >= 15 is 0 Å². The van der Waals surface area contributed by atoms with Crippen LogP contribution in [-0.4, -0.2) is 16.3 Å². The molecule has 92 valence electrons. The molecule has 1 atom stereocenters. The number of carboxylic acid groups (broad SMARTS) is 1. The van der Waals surface area contributed by atoms with Gasteiger partial charge in [0.15, 0.2) is 0 Å². The third-order valence-corrected chi connectivity index (χ3v) is 3.78. The van der Waals surface area contributed by atoms with Gasteiger partial charge in [-0.15, -0.1) is 11.8 Å². The Labute approximate surface area is 99.8 Å². The summed E-state index contributed by atoms with van der Waals surface area (Å²) in [4.78, 5) is 11.5. The fourth-order valence-electron chi connectivity index (χ4n) is 1.87. The summed E-state index contributed by atoms with van der Waals surface area (Å²) in [6, 6.07) is 2.10. The van der Waals surface area contributed by atoms with Crippen molar-refractivity contribution in [3.05, 3.63) is 28.8 Å². The molecule has 0 spiro atoms. The van der Waals surface area contributed by atoms with Crippen LogP contribution < -0.4 is 0 Å². The quantitative estimate of drug-likeness (QED) is 0.842. The predicted molar refractivity (Wildman–Crippen MR) is 57.4 cm³/mol. The molecule has 1 N–H and O–H groups in total. The highest BCUT2D eigenvalue weighted by molar-refractivity contribution is 8.00. The molecule has 0 amide bonds. The van der Waals surface area contributed by atoms with Crippen molar-refractivity contribution in [2.45, 2.75) is 29.7 Å². The van der Waals surface area contributed by atoms with E-state index in [1.165, 1.54) is 11.8 Å². The van der Waals surface area contributed by atoms with E-state index in [2.05, 4.69) is 0 Å². The van der Waals surface area contributed by atoms with Gasteiger partial charge >= 0.3 is 12.1 Å². The van der Waals surface area contributed by atoms with Crippen LogP contribution in [-0.2, 0) is 12.6 Å². The number of thioether (sulfide) groups is 1. The van der Waals surface area contributed by atoms with E-state index < -0.39 is 23.3 Å². The van der Waals surface area contributed by atoms with Crippen molar-refractivity contribution in [3.63, 3.8) is 0 Å². The lowest BCUT2D eigenvalue weighted by molar-refractivity contribution is -0.138. The highest BCUT2D eigenvalue weighted by atomic mass is 32.2. The maximum Gasteiger partial charge on any atom is 0.417 e. The van der Waals surface area contributed by atoms with E-state index in [1.54, 1.807) is 0 Å². The topological polar surface area (TPSA) is 37.3 Å². The number of hydrogen-bond donors (Lipinski definition) is 1. The van der Waals surface area contributed by atoms with Gasteiger partial charge in [-0.2, -0.15) is 13.2 Å². The summed E-state index contributed by atoms with van der Waals surface area (Å²) >= 11 is 1.41. The number of rotatable bonds is 1. The van der Waals surface area contributed by atoms with Gasteiger partial charge in [0.05, 0.1) is 11.1 Å². The van der Waals surface area contributed by atoms with Crippen LogP contribution in [0.2, 0.25) is 0 Å². The monoisotopic (exact) mass is 262 g/mol. The summed E-state index contributed by atoms with van der Waals surface area (Å²) in [6.07, 6.45) is -4.08. The summed E-state index contributed by atoms with van der Waals surface area (Å²) < 4.78 is 38.1. The third-order valence-electron chi connectivity index (χ3n) is 2.57. The van der Waals surface area contributed by atoms with Crippen LogP contribution in [0.15, 0.2) is 17.0 Å². The minimum Gasteiger partial charge on any atom is -0.478 e. The zero-order valence-corrected chi connectivity index (χ0v) is 9.65. The van der Waals surface area contributed by atoms with Crippen molar-refractivity contribution in [1.82, 2.24) is 0 Å². The first-order valence-corrected chi connectivity index (χ1v) is 5.81. The van der Waals surface area contributed by atoms with E-state index in [-0.39, 0.29) is 5.25 Å². The van der Waals surface area contributed by atoms with Gasteiger partial charge in [-0.1, -0.05) is 6.92 Å². The average Bonchev–Trinajstić information content (AvgIpc) is 2.53. The van der Waals surface area contributed by atoms with Crippen LogP contribution in [0.4, 0.5) is 13.2 Å². The van der Waals surface area contributed by atoms with Gasteiger partial charge in [0.2, 0.25) is 0 Å². The number of carbonyl (C=O) groups is 1. The Balaban J connectivity index is 2.60. The average molecular weight is 262 g/mol. The van der Waals surface area contributed by atoms with Gasteiger partial charge in [0.1, 0.15) is 0 Å². The minimum absolute atomic E-state index is 0.190. The number of carboxylic acids is 1. The number of aromatic carboxylic acids is 1. The maximum atomic E-state index is 12.7. The Morgan fingerprint density at radius 1 is 1.47 bits per heavy atom. The van der Waals surface area contributed by atoms with Crippen LogP contribution >= 0.6 is 11.8 Å². The molecule has 1 aromatic rings. The van der Waals surface area contributed by atoms with E-state index in [1.807, 2.05) is 6.92 Å². The molecule has 17 heavy (non-hydrogen) atoms. The van der Waals surface area contributed by atoms with Crippen molar-refractivity contribution in [2.75, 3.05) is 0 Å². The highest BCUT2D eigenvalue weighted by Gasteiger charge is 2.37. The Kier molecular flexibility index (Phi) is 2.85. The molecular formula is C11H9F3O2S. The number of alkyl halides is 3. The molecule has 0 fully saturated rings. The Morgan fingerprint density at radius 2 is 2.12 bits per heavy atom. The first kappa shape index (κ1) is 12.3. The van der Waals surface area contributed by atoms with Crippen LogP contribution in [0.5, 0.6) is 0 Å². The molecule has 0 aromatic heterocycles. The van der Waals surface area contributed by atoms with Gasteiger partial charge in [-0.05, 0) is 24.1 Å². The van der Waals surface area contributed by atoms with Crippen molar-refractivity contribution in [1.29, 1.82) is 0 Å². The predicted octanol–water partition coefficient (Wildman–Crippen LogP) is 3.44. The molecule has 0 aliphatic carbocycles. The molecule has 6 heteroatoms. The minimum atomic E-state index is -4.63. The number of fused-ring (bicyclic) bond motifs is 1. The summed E-state index contributed by atoms with van der Waals surface area (Å²) in [5.74, 6) is -1.54. The first-order chi connectivity index (χ1) is 7.79. The van der Waals surface area contributed by atoms with E-state index in [9.17, 15) is 18.0 Å². The van der Waals surface area contributed by atoms with Crippen molar-refractivity contribution >= 4 is 17.7 Å². The third kappa shape index (κ3) is 2.26. The van der Waals surface area contributed by atoms with Crippen LogP contribution in [0.25, 0.3) is 0 Å². The number of benzene rings is 1. The zero-order chi connectivity index (χ0) is 12.8. The molecule has 1 unspecified atom stereocenters. The molecule has 2 rings (SSSR count). The molecule has 1 aromatic carbocycles. The molecule has 0 bridgehead atoms. The van der Waals surface area contributed by atoms with E-state index in [0.717, 1.165) is 12.1 Å². The molecular weight excluding hydrogens is 253 g/mol. The second-order valence-electron chi connectivity index (χ2n) is 3.94. The second-order valence-corrected chi connectivity index (χ2v) is 5.42. The Morgan fingerprint density at radius 3 is 2.65 bits per heavy atom. The largest absolute Gasteiger partial charge is 0.478 e. The van der Waals surface area contributed by atoms with Crippen molar-refractivity contribution in [2.24, 2.45) is 0 Å². The molecule has 0 saturated carbocycles. The Bertz CT molecular complexity index is 482. The lowest BCUT2D eigenvalue weighted by Crippen LogP contribution is -2.13. The van der Waals surface area contributed by atoms with Crippen molar-refractivity contribution in [3.8, 4) is 0 Å². The molecule has 1 aliphatic rings. The fraction of sp³-hybridized carbons (Fsp3) is 0.364. The van der Waals surface area contributed by atoms with Gasteiger partial charge < -0.3 is 5.11 Å². The Hall–Kier alpha value is -1.17. The molecule has 1 aliphatic heterocycles. The second kappa shape index (κ2) is 3.94. The van der Waals surface area contributed by atoms with Crippen molar-refractivity contribution < 1.29 is 23.1 Å².